The molecule has 0 aromatic rings. The molecule has 0 bridgehead atoms. The minimum absolute atomic E-state index is 0.106. The highest BCUT2D eigenvalue weighted by Crippen LogP contribution is 2.26. The first-order valence-electron chi connectivity index (χ1n) is 17.6. The maximum atomic E-state index is 13.5. The van der Waals surface area contributed by atoms with Gasteiger partial charge in [0.1, 0.15) is 54.9 Å². The number of amides is 5. The molecule has 20 nitrogen and oxygen atoms in total. The summed E-state index contributed by atoms with van der Waals surface area (Å²) in [5, 5.41) is 88.1. The summed E-state index contributed by atoms with van der Waals surface area (Å²) in [6, 6.07) is -0.921. The van der Waals surface area contributed by atoms with Gasteiger partial charge in [-0.3, -0.25) is 24.0 Å². The summed E-state index contributed by atoms with van der Waals surface area (Å²) >= 11 is 0. The zero-order valence-corrected chi connectivity index (χ0v) is 29.9. The van der Waals surface area contributed by atoms with E-state index in [2.05, 4.69) is 16.0 Å². The number of aliphatic hydroxyl groups excluding tert-OH is 8. The van der Waals surface area contributed by atoms with Crippen LogP contribution in [0.25, 0.3) is 0 Å². The number of likely N-dealkylation sites (N-methyl/N-ethyl adjacent to an activating group) is 1. The average Bonchev–Trinajstić information content (AvgIpc) is 3.11. The highest BCUT2D eigenvalue weighted by molar-refractivity contribution is 5.90. The first-order valence-corrected chi connectivity index (χ1v) is 17.6. The molecule has 2 heterocycles. The molecule has 10 unspecified atom stereocenters. The van der Waals surface area contributed by atoms with E-state index < -0.39 is 117 Å². The zero-order chi connectivity index (χ0) is 39.1. The second kappa shape index (κ2) is 22.2. The molecule has 5 amide bonds. The fourth-order valence-corrected chi connectivity index (χ4v) is 6.06. The van der Waals surface area contributed by atoms with Crippen LogP contribution in [0.1, 0.15) is 52.9 Å². The number of hydrogen-bond acceptors (Lipinski definition) is 15. The SMILES string of the molecule is CCN(CC)C(=O)CNC(=O)[C@H](CCCCNC(=O)CN(CCC1OC(CO)C(O)C(O)C1O)C(=O)CC1OC(CO)C(O)C(O)C1O)NC(C)=O. The van der Waals surface area contributed by atoms with Gasteiger partial charge in [-0.25, -0.2) is 0 Å². The highest BCUT2D eigenvalue weighted by atomic mass is 16.6. The molecule has 300 valence electrons. The first kappa shape index (κ1) is 45.1. The van der Waals surface area contributed by atoms with Crippen molar-refractivity contribution in [1.82, 2.24) is 25.8 Å². The predicted octanol–water partition coefficient (Wildman–Crippen LogP) is -5.94. The lowest BCUT2D eigenvalue weighted by molar-refractivity contribution is -0.232. The summed E-state index contributed by atoms with van der Waals surface area (Å²) < 4.78 is 10.9. The number of ether oxygens (including phenoxy) is 2. The Morgan fingerprint density at radius 3 is 1.77 bits per heavy atom. The molecule has 0 aromatic carbocycles. The third-order valence-corrected chi connectivity index (χ3v) is 9.19. The summed E-state index contributed by atoms with van der Waals surface area (Å²) in [6.07, 6.45) is -14.8. The third kappa shape index (κ3) is 13.1. The molecule has 0 aliphatic carbocycles. The predicted molar refractivity (Wildman–Crippen MR) is 179 cm³/mol. The summed E-state index contributed by atoms with van der Waals surface area (Å²) in [4.78, 5) is 65.7. The van der Waals surface area contributed by atoms with Crippen LogP contribution >= 0.6 is 0 Å². The second-order valence-corrected chi connectivity index (χ2v) is 12.9. The normalized spacial score (nSPS) is 29.4. The van der Waals surface area contributed by atoms with Crippen molar-refractivity contribution in [2.24, 2.45) is 0 Å². The maximum Gasteiger partial charge on any atom is 0.243 e. The van der Waals surface area contributed by atoms with E-state index in [1.165, 1.54) is 6.92 Å². The van der Waals surface area contributed by atoms with E-state index in [4.69, 9.17) is 9.47 Å². The number of aliphatic hydroxyl groups is 8. The van der Waals surface area contributed by atoms with Gasteiger partial charge in [-0.2, -0.15) is 0 Å². The fourth-order valence-electron chi connectivity index (χ4n) is 6.06. The molecular weight excluding hydrogens is 694 g/mol. The molecule has 52 heavy (non-hydrogen) atoms. The third-order valence-electron chi connectivity index (χ3n) is 9.19. The molecule has 20 heteroatoms. The summed E-state index contributed by atoms with van der Waals surface area (Å²) in [5.74, 6) is -2.63. The van der Waals surface area contributed by atoms with Crippen LogP contribution in [0, 0.1) is 0 Å². The summed E-state index contributed by atoms with van der Waals surface area (Å²) in [5.41, 5.74) is 0. The smallest absolute Gasteiger partial charge is 0.243 e. The average molecular weight is 752 g/mol. The van der Waals surface area contributed by atoms with E-state index >= 15 is 0 Å². The van der Waals surface area contributed by atoms with Crippen molar-refractivity contribution in [2.75, 3.05) is 52.5 Å². The number of rotatable bonds is 20. The zero-order valence-electron chi connectivity index (χ0n) is 29.9. The quantitative estimate of drug-likeness (QED) is 0.0516. The second-order valence-electron chi connectivity index (χ2n) is 12.9. The molecule has 2 aliphatic rings. The van der Waals surface area contributed by atoms with Gasteiger partial charge in [0, 0.05) is 33.1 Å². The van der Waals surface area contributed by atoms with Crippen LogP contribution in [-0.2, 0) is 33.4 Å². The number of hydrogen-bond donors (Lipinski definition) is 11. The molecule has 2 aliphatic heterocycles. The van der Waals surface area contributed by atoms with Gasteiger partial charge in [-0.15, -0.1) is 0 Å². The van der Waals surface area contributed by atoms with Crippen molar-refractivity contribution >= 4 is 29.5 Å². The number of carbonyl (C=O) groups excluding carboxylic acids is 5. The largest absolute Gasteiger partial charge is 0.394 e. The van der Waals surface area contributed by atoms with E-state index in [-0.39, 0.29) is 38.4 Å². The molecule has 2 saturated heterocycles. The lowest BCUT2D eigenvalue weighted by Gasteiger charge is -2.41. The number of carbonyl (C=O) groups is 5. The van der Waals surface area contributed by atoms with Gasteiger partial charge in [-0.1, -0.05) is 0 Å². The molecule has 0 saturated carbocycles. The Morgan fingerprint density at radius 1 is 0.692 bits per heavy atom. The van der Waals surface area contributed by atoms with Crippen molar-refractivity contribution in [2.45, 2.75) is 120 Å². The minimum atomic E-state index is -1.74. The van der Waals surface area contributed by atoms with Crippen molar-refractivity contribution in [3.8, 4) is 0 Å². The maximum absolute atomic E-state index is 13.5. The van der Waals surface area contributed by atoms with Crippen LogP contribution in [0.4, 0.5) is 0 Å². The van der Waals surface area contributed by atoms with Crippen molar-refractivity contribution < 1.29 is 74.3 Å². The van der Waals surface area contributed by atoms with Crippen LogP contribution in [0.2, 0.25) is 0 Å². The molecule has 0 radical (unpaired) electrons. The van der Waals surface area contributed by atoms with Gasteiger partial charge in [0.25, 0.3) is 0 Å². The molecule has 0 spiro atoms. The van der Waals surface area contributed by atoms with E-state index in [0.717, 1.165) is 4.90 Å². The van der Waals surface area contributed by atoms with Crippen LogP contribution < -0.4 is 16.0 Å². The molecule has 0 aromatic heterocycles. The van der Waals surface area contributed by atoms with Gasteiger partial charge < -0.3 is 76.1 Å². The monoisotopic (exact) mass is 751 g/mol. The van der Waals surface area contributed by atoms with Gasteiger partial charge in [0.2, 0.25) is 29.5 Å². The Labute approximate surface area is 302 Å². The van der Waals surface area contributed by atoms with Crippen molar-refractivity contribution in [1.29, 1.82) is 0 Å². The van der Waals surface area contributed by atoms with Crippen molar-refractivity contribution in [3.05, 3.63) is 0 Å². The van der Waals surface area contributed by atoms with Gasteiger partial charge in [-0.05, 0) is 39.5 Å². The highest BCUT2D eigenvalue weighted by Gasteiger charge is 2.45. The number of nitrogens with zero attached hydrogens (tertiary/aromatic N) is 2. The molecule has 2 rings (SSSR count). The lowest BCUT2D eigenvalue weighted by atomic mass is 9.92. The molecule has 11 N–H and O–H groups in total. The van der Waals surface area contributed by atoms with E-state index in [9.17, 15) is 64.8 Å². The number of nitrogens with one attached hydrogen (secondary N) is 3. The van der Waals surface area contributed by atoms with Crippen LogP contribution in [0.15, 0.2) is 0 Å². The summed E-state index contributed by atoms with van der Waals surface area (Å²) in [6.45, 7) is 3.54. The van der Waals surface area contributed by atoms with Gasteiger partial charge in [0.15, 0.2) is 0 Å². The topological polar surface area (TPSA) is 308 Å². The number of unbranched alkanes of at least 4 members (excludes halogenated alkanes) is 1. The van der Waals surface area contributed by atoms with Gasteiger partial charge >= 0.3 is 0 Å². The minimum Gasteiger partial charge on any atom is -0.394 e. The first-order chi connectivity index (χ1) is 24.6. The summed E-state index contributed by atoms with van der Waals surface area (Å²) in [7, 11) is 0. The lowest BCUT2D eigenvalue weighted by Crippen LogP contribution is -2.60. The van der Waals surface area contributed by atoms with Crippen LogP contribution in [0.5, 0.6) is 0 Å². The Balaban J connectivity index is 2.02. The molecule has 2 fully saturated rings. The van der Waals surface area contributed by atoms with Crippen LogP contribution in [-0.4, -0.2) is 200 Å². The fraction of sp³-hybridized carbons (Fsp3) is 0.844. The Kier molecular flexibility index (Phi) is 19.3. The molecular formula is C32H57N5O15. The van der Waals surface area contributed by atoms with Crippen molar-refractivity contribution in [3.63, 3.8) is 0 Å². The van der Waals surface area contributed by atoms with Gasteiger partial charge in [0.05, 0.1) is 44.9 Å². The Morgan fingerprint density at radius 2 is 1.23 bits per heavy atom. The Hall–Kier alpha value is -3.05. The van der Waals surface area contributed by atoms with E-state index in [1.807, 2.05) is 13.8 Å². The molecule has 11 atom stereocenters. The Bertz CT molecular complexity index is 1160. The van der Waals surface area contributed by atoms with Crippen LogP contribution in [0.3, 0.4) is 0 Å². The van der Waals surface area contributed by atoms with E-state index in [1.54, 1.807) is 4.90 Å². The standard InChI is InChI=1S/C32H57N5O15/c1-4-36(5-2)25(43)13-34-32(50)18(35-17(3)40)8-6-7-10-33-23(41)14-37(11-9-19-26(44)30(48)28(46)21(15-38)51-19)24(42)12-20-27(45)31(49)29(47)22(16-39)52-20/h18-22,26-31,38-39,44-49H,4-16H2,1-3H3,(H,33,41)(H,34,50)(H,35,40)/t18-,19?,20?,21?,22?,26?,27?,28?,29?,30?,31?/m0/s1. The van der Waals surface area contributed by atoms with E-state index in [0.29, 0.717) is 25.9 Å².